The molecular weight excluding hydrogens is 693 g/mol. The van der Waals surface area contributed by atoms with Crippen LogP contribution < -0.4 is 5.32 Å². The van der Waals surface area contributed by atoms with E-state index in [9.17, 15) is 14.4 Å². The quantitative estimate of drug-likeness (QED) is 0.170. The molecule has 1 aliphatic carbocycles. The van der Waals surface area contributed by atoms with Crippen molar-refractivity contribution in [3.05, 3.63) is 131 Å². The van der Waals surface area contributed by atoms with Crippen LogP contribution in [0.25, 0.3) is 11.1 Å². The summed E-state index contributed by atoms with van der Waals surface area (Å²) in [6.07, 6.45) is -0.722. The molecule has 10 heteroatoms. The molecule has 0 saturated carbocycles. The third kappa shape index (κ3) is 9.08. The highest BCUT2D eigenvalue weighted by atomic mass is 16.6. The Labute approximate surface area is 324 Å². The van der Waals surface area contributed by atoms with E-state index in [0.717, 1.165) is 33.4 Å². The van der Waals surface area contributed by atoms with Gasteiger partial charge in [-0.25, -0.2) is 9.59 Å². The summed E-state index contributed by atoms with van der Waals surface area (Å²) >= 11 is 0. The first kappa shape index (κ1) is 39.2. The first-order valence-corrected chi connectivity index (χ1v) is 19.1. The summed E-state index contributed by atoms with van der Waals surface area (Å²) in [4.78, 5) is 60.7. The number of hydrogen-bond acceptors (Lipinski definition) is 7. The summed E-state index contributed by atoms with van der Waals surface area (Å²) in [5.41, 5.74) is 5.74. The Morgan fingerprint density at radius 1 is 0.818 bits per heavy atom. The van der Waals surface area contributed by atoms with E-state index in [4.69, 9.17) is 9.47 Å². The smallest absolute Gasteiger partial charge is 0.411 e. The van der Waals surface area contributed by atoms with Gasteiger partial charge in [-0.05, 0) is 80.6 Å². The minimum absolute atomic E-state index is 0.00448. The van der Waals surface area contributed by atoms with Crippen molar-refractivity contribution in [1.82, 2.24) is 20.0 Å². The molecule has 4 aromatic rings. The Bertz CT molecular complexity index is 1880. The van der Waals surface area contributed by atoms with Crippen molar-refractivity contribution < 1.29 is 28.7 Å². The van der Waals surface area contributed by atoms with E-state index in [-0.39, 0.29) is 49.6 Å². The number of likely N-dealkylation sites (N-methyl/N-ethyl adjacent to an activating group) is 1. The lowest BCUT2D eigenvalue weighted by Crippen LogP contribution is -2.59. The number of benzene rings is 4. The zero-order valence-corrected chi connectivity index (χ0v) is 32.4. The molecule has 0 bridgehead atoms. The molecular formula is C45H52N4O6. The average molecular weight is 745 g/mol. The van der Waals surface area contributed by atoms with E-state index in [2.05, 4.69) is 34.5 Å². The molecule has 6 rings (SSSR count). The van der Waals surface area contributed by atoms with Crippen LogP contribution in [0.5, 0.6) is 0 Å². The Morgan fingerprint density at radius 2 is 1.36 bits per heavy atom. The summed E-state index contributed by atoms with van der Waals surface area (Å²) in [5.74, 6) is -0.955. The van der Waals surface area contributed by atoms with Gasteiger partial charge in [0, 0.05) is 31.3 Å². The molecule has 1 saturated heterocycles. The second-order valence-corrected chi connectivity index (χ2v) is 15.4. The Morgan fingerprint density at radius 3 is 1.91 bits per heavy atom. The number of amides is 3. The maximum Gasteiger partial charge on any atom is 0.411 e. The second kappa shape index (κ2) is 17.3. The molecule has 2 atom stereocenters. The van der Waals surface area contributed by atoms with Gasteiger partial charge in [0.05, 0.1) is 19.8 Å². The number of hydrogen-bond donors (Lipinski definition) is 1. The molecule has 1 heterocycles. The van der Waals surface area contributed by atoms with E-state index in [1.54, 1.807) is 30.6 Å². The van der Waals surface area contributed by atoms with Crippen molar-refractivity contribution >= 4 is 23.9 Å². The summed E-state index contributed by atoms with van der Waals surface area (Å²) in [5, 5.41) is 2.55. The molecule has 10 nitrogen and oxygen atoms in total. The van der Waals surface area contributed by atoms with Crippen molar-refractivity contribution in [2.24, 2.45) is 0 Å². The summed E-state index contributed by atoms with van der Waals surface area (Å²) in [6, 6.07) is 35.7. The van der Waals surface area contributed by atoms with E-state index >= 15 is 4.79 Å². The number of fused-ring (bicyclic) bond motifs is 3. The lowest BCUT2D eigenvalue weighted by molar-refractivity contribution is -0.139. The monoisotopic (exact) mass is 744 g/mol. The maximum atomic E-state index is 15.3. The normalized spacial score (nSPS) is 17.2. The number of ketones is 1. The van der Waals surface area contributed by atoms with Crippen LogP contribution in [-0.2, 0) is 19.1 Å². The number of carbonyl (C=O) groups excluding carboxylic acids is 4. The van der Waals surface area contributed by atoms with Crippen LogP contribution in [0.1, 0.15) is 74.1 Å². The van der Waals surface area contributed by atoms with Gasteiger partial charge in [0.25, 0.3) is 0 Å². The standard InChI is InChI=1S/C45H52N4O6/c1-45(2,3)55-43(52)46-29-33(50)26-28-48(30-38(31-17-8-6-9-18-31)32-19-10-7-11-20-32)42(51)39-25-16-27-47(4)41(49(39)44(53)54-5)40-36-23-14-12-21-34(36)35-22-13-15-24-37(35)40/h6-15,17-24,38-41H,16,25-30H2,1-5H3,(H,46,52)/t39-,41?/m0/s1. The van der Waals surface area contributed by atoms with Crippen molar-refractivity contribution in [2.75, 3.05) is 40.3 Å². The van der Waals surface area contributed by atoms with Gasteiger partial charge < -0.3 is 19.7 Å². The number of rotatable bonds is 11. The van der Waals surface area contributed by atoms with E-state index in [1.807, 2.05) is 92.0 Å². The lowest BCUT2D eigenvalue weighted by atomic mass is 9.90. The molecule has 1 unspecified atom stereocenters. The number of alkyl carbamates (subject to hydrolysis) is 1. The minimum Gasteiger partial charge on any atom is -0.453 e. The fourth-order valence-corrected chi connectivity index (χ4v) is 8.05. The number of Topliss-reactive ketones (excluding diaryl/α,β-unsaturated/α-hetero) is 1. The van der Waals surface area contributed by atoms with Crippen molar-refractivity contribution in [2.45, 2.75) is 69.7 Å². The van der Waals surface area contributed by atoms with Crippen LogP contribution in [0.4, 0.5) is 9.59 Å². The van der Waals surface area contributed by atoms with Crippen LogP contribution in [-0.4, -0.2) is 96.7 Å². The van der Waals surface area contributed by atoms with Gasteiger partial charge in [-0.2, -0.15) is 0 Å². The molecule has 0 spiro atoms. The Balaban J connectivity index is 1.36. The fraction of sp³-hybridized carbons (Fsp3) is 0.378. The molecule has 1 aliphatic heterocycles. The topological polar surface area (TPSA) is 108 Å². The largest absolute Gasteiger partial charge is 0.453 e. The van der Waals surface area contributed by atoms with Gasteiger partial charge in [-0.1, -0.05) is 109 Å². The molecule has 3 amide bonds. The van der Waals surface area contributed by atoms with Gasteiger partial charge in [-0.3, -0.25) is 19.4 Å². The predicted molar refractivity (Wildman–Crippen MR) is 213 cm³/mol. The van der Waals surface area contributed by atoms with E-state index in [1.165, 1.54) is 7.11 Å². The highest BCUT2D eigenvalue weighted by Gasteiger charge is 2.48. The Kier molecular flexibility index (Phi) is 12.4. The van der Waals surface area contributed by atoms with Crippen molar-refractivity contribution in [3.8, 4) is 11.1 Å². The summed E-state index contributed by atoms with van der Waals surface area (Å²) < 4.78 is 10.8. The van der Waals surface area contributed by atoms with E-state index < -0.39 is 30.0 Å². The lowest BCUT2D eigenvalue weighted by Gasteiger charge is -2.43. The first-order valence-electron chi connectivity index (χ1n) is 19.1. The number of methoxy groups -OCH3 is 1. The van der Waals surface area contributed by atoms with Crippen molar-refractivity contribution in [1.29, 1.82) is 0 Å². The number of ether oxygens (including phenoxy) is 2. The first-order chi connectivity index (χ1) is 26.5. The average Bonchev–Trinajstić information content (AvgIpc) is 3.41. The Hall–Kier alpha value is -5.48. The van der Waals surface area contributed by atoms with Gasteiger partial charge in [0.2, 0.25) is 5.91 Å². The molecule has 55 heavy (non-hydrogen) atoms. The molecule has 0 radical (unpaired) electrons. The molecule has 1 N–H and O–H groups in total. The zero-order valence-electron chi connectivity index (χ0n) is 32.4. The third-order valence-electron chi connectivity index (χ3n) is 10.5. The van der Waals surface area contributed by atoms with Crippen LogP contribution in [0.3, 0.4) is 0 Å². The number of carbonyl (C=O) groups is 4. The van der Waals surface area contributed by atoms with Crippen molar-refractivity contribution in [3.63, 3.8) is 0 Å². The third-order valence-corrected chi connectivity index (χ3v) is 10.5. The molecule has 4 aromatic carbocycles. The molecule has 288 valence electrons. The van der Waals surface area contributed by atoms with Gasteiger partial charge >= 0.3 is 12.2 Å². The predicted octanol–water partition coefficient (Wildman–Crippen LogP) is 7.43. The van der Waals surface area contributed by atoms with Crippen LogP contribution in [0.15, 0.2) is 109 Å². The van der Waals surface area contributed by atoms with Gasteiger partial charge in [0.1, 0.15) is 11.6 Å². The zero-order chi connectivity index (χ0) is 39.1. The summed E-state index contributed by atoms with van der Waals surface area (Å²) in [7, 11) is 3.36. The maximum absolute atomic E-state index is 15.3. The molecule has 2 aliphatic rings. The molecule has 0 aromatic heterocycles. The minimum atomic E-state index is -0.871. The highest BCUT2D eigenvalue weighted by Crippen LogP contribution is 2.49. The van der Waals surface area contributed by atoms with Crippen LogP contribution >= 0.6 is 0 Å². The fourth-order valence-electron chi connectivity index (χ4n) is 8.05. The SMILES string of the molecule is COC(=O)N1C(C2c3ccccc3-c3ccccc32)N(C)CCC[C@H]1C(=O)N(CCC(=O)CNC(=O)OC(C)(C)C)CC(c1ccccc1)c1ccccc1. The second-order valence-electron chi connectivity index (χ2n) is 15.4. The van der Waals surface area contributed by atoms with Gasteiger partial charge in [-0.15, -0.1) is 0 Å². The van der Waals surface area contributed by atoms with Crippen LogP contribution in [0.2, 0.25) is 0 Å². The molecule has 1 fully saturated rings. The highest BCUT2D eigenvalue weighted by molar-refractivity contribution is 5.88. The summed E-state index contributed by atoms with van der Waals surface area (Å²) in [6.45, 7) is 6.05. The number of nitrogens with zero attached hydrogens (tertiary/aromatic N) is 3. The van der Waals surface area contributed by atoms with Gasteiger partial charge in [0.15, 0.2) is 5.78 Å². The van der Waals surface area contributed by atoms with Crippen LogP contribution in [0, 0.1) is 0 Å². The van der Waals surface area contributed by atoms with E-state index in [0.29, 0.717) is 19.4 Å². The number of nitrogens with one attached hydrogen (secondary N) is 1.